The van der Waals surface area contributed by atoms with Gasteiger partial charge < -0.3 is 9.80 Å². The maximum Gasteiger partial charge on any atom is 0.269 e. The smallest absolute Gasteiger partial charge is 0.269 e. The zero-order valence-electron chi connectivity index (χ0n) is 16.8. The zero-order valence-corrected chi connectivity index (χ0v) is 16.8. The Morgan fingerprint density at radius 2 is 1.63 bits per heavy atom. The topological polar surface area (TPSA) is 110 Å². The van der Waals surface area contributed by atoms with Gasteiger partial charge in [-0.25, -0.2) is 0 Å². The van der Waals surface area contributed by atoms with Crippen LogP contribution < -0.4 is 0 Å². The molecule has 3 rings (SSSR count). The van der Waals surface area contributed by atoms with Gasteiger partial charge in [0, 0.05) is 37.9 Å². The summed E-state index contributed by atoms with van der Waals surface area (Å²) in [6, 6.07) is 12.0. The van der Waals surface area contributed by atoms with Crippen molar-refractivity contribution in [3.05, 3.63) is 79.9 Å². The molecular weight excluding hydrogens is 388 g/mol. The quantitative estimate of drug-likeness (QED) is 0.486. The van der Waals surface area contributed by atoms with Crippen molar-refractivity contribution in [2.75, 3.05) is 26.7 Å². The van der Waals surface area contributed by atoms with E-state index in [1.54, 1.807) is 36.2 Å². The van der Waals surface area contributed by atoms with Gasteiger partial charge >= 0.3 is 0 Å². The second-order valence-corrected chi connectivity index (χ2v) is 7.48. The van der Waals surface area contributed by atoms with Gasteiger partial charge in [0.15, 0.2) is 0 Å². The van der Waals surface area contributed by atoms with E-state index in [0.717, 1.165) is 25.9 Å². The summed E-state index contributed by atoms with van der Waals surface area (Å²) >= 11 is 0. The van der Waals surface area contributed by atoms with Crippen molar-refractivity contribution in [3.8, 4) is 0 Å². The Kier molecular flexibility index (Phi) is 6.73. The number of likely N-dealkylation sites (tertiary alicyclic amines) is 1. The highest BCUT2D eigenvalue weighted by molar-refractivity contribution is 5.79. The molecule has 1 atom stereocenters. The van der Waals surface area contributed by atoms with Gasteiger partial charge in [0.25, 0.3) is 11.4 Å². The van der Waals surface area contributed by atoms with Crippen molar-refractivity contribution in [2.24, 2.45) is 0 Å². The van der Waals surface area contributed by atoms with Crippen molar-refractivity contribution in [2.45, 2.75) is 25.3 Å². The van der Waals surface area contributed by atoms with E-state index in [-0.39, 0.29) is 29.7 Å². The third-order valence-electron chi connectivity index (χ3n) is 5.43. The molecule has 9 heteroatoms. The molecule has 0 bridgehead atoms. The Morgan fingerprint density at radius 3 is 2.27 bits per heavy atom. The Bertz CT molecular complexity index is 942. The van der Waals surface area contributed by atoms with Crippen molar-refractivity contribution >= 4 is 17.3 Å². The number of hydrogen-bond acceptors (Lipinski definition) is 6. The average Bonchev–Trinajstić information content (AvgIpc) is 3.25. The molecule has 0 aromatic heterocycles. The molecule has 1 aliphatic rings. The molecule has 0 N–H and O–H groups in total. The maximum absolute atomic E-state index is 13.0. The van der Waals surface area contributed by atoms with Gasteiger partial charge in [-0.2, -0.15) is 0 Å². The van der Waals surface area contributed by atoms with Gasteiger partial charge in [-0.3, -0.25) is 25.0 Å². The highest BCUT2D eigenvalue weighted by Gasteiger charge is 2.27. The number of non-ortho nitro benzene ring substituents is 2. The number of likely N-dealkylation sites (N-methyl/N-ethyl adjacent to an activating group) is 1. The molecule has 0 aliphatic carbocycles. The fraction of sp³-hybridized carbons (Fsp3) is 0.381. The second-order valence-electron chi connectivity index (χ2n) is 7.48. The Balaban J connectivity index is 1.83. The van der Waals surface area contributed by atoms with E-state index in [1.807, 2.05) is 0 Å². The minimum atomic E-state index is -0.489. The SMILES string of the molecule is CN(C(=O)Cc1cccc([N+](=O)[O-])c1)C(CN1CCCC1)c1cccc([N+](=O)[O-])c1. The van der Waals surface area contributed by atoms with Crippen LogP contribution in [0.1, 0.15) is 30.0 Å². The standard InChI is InChI=1S/C21H24N4O5/c1-22(21(26)13-16-6-4-8-18(12-16)24(27)28)20(15-23-10-2-3-11-23)17-7-5-9-19(14-17)25(29)30/h4-9,12,14,20H,2-3,10-11,13,15H2,1H3. The van der Waals surface area contributed by atoms with Gasteiger partial charge in [0.1, 0.15) is 0 Å². The van der Waals surface area contributed by atoms with Gasteiger partial charge in [-0.15, -0.1) is 0 Å². The number of carbonyl (C=O) groups excluding carboxylic acids is 1. The summed E-state index contributed by atoms with van der Waals surface area (Å²) < 4.78 is 0. The van der Waals surface area contributed by atoms with Gasteiger partial charge in [-0.1, -0.05) is 24.3 Å². The van der Waals surface area contributed by atoms with Crippen LogP contribution in [0.25, 0.3) is 0 Å². The van der Waals surface area contributed by atoms with E-state index >= 15 is 0 Å². The number of nitro benzene ring substituents is 2. The number of rotatable bonds is 8. The largest absolute Gasteiger partial charge is 0.337 e. The van der Waals surface area contributed by atoms with Crippen LogP contribution in [0.4, 0.5) is 11.4 Å². The molecule has 158 valence electrons. The Morgan fingerprint density at radius 1 is 1.03 bits per heavy atom. The van der Waals surface area contributed by atoms with E-state index < -0.39 is 9.85 Å². The van der Waals surface area contributed by atoms with E-state index in [0.29, 0.717) is 17.7 Å². The summed E-state index contributed by atoms with van der Waals surface area (Å²) in [5.74, 6) is -0.203. The predicted molar refractivity (Wildman–Crippen MR) is 111 cm³/mol. The first-order valence-electron chi connectivity index (χ1n) is 9.81. The first-order valence-corrected chi connectivity index (χ1v) is 9.81. The second kappa shape index (κ2) is 9.45. The lowest BCUT2D eigenvalue weighted by Crippen LogP contribution is -2.39. The lowest BCUT2D eigenvalue weighted by atomic mass is 10.0. The van der Waals surface area contributed by atoms with Crippen molar-refractivity contribution in [1.29, 1.82) is 0 Å². The monoisotopic (exact) mass is 412 g/mol. The summed E-state index contributed by atoms with van der Waals surface area (Å²) in [6.07, 6.45) is 2.20. The summed E-state index contributed by atoms with van der Waals surface area (Å²) in [7, 11) is 1.68. The van der Waals surface area contributed by atoms with E-state index in [2.05, 4.69) is 4.90 Å². The fourth-order valence-corrected chi connectivity index (χ4v) is 3.76. The molecule has 2 aromatic carbocycles. The fourth-order valence-electron chi connectivity index (χ4n) is 3.76. The first-order chi connectivity index (χ1) is 14.3. The number of nitrogens with zero attached hydrogens (tertiary/aromatic N) is 4. The number of benzene rings is 2. The summed E-state index contributed by atoms with van der Waals surface area (Å²) in [6.45, 7) is 2.44. The lowest BCUT2D eigenvalue weighted by Gasteiger charge is -2.32. The van der Waals surface area contributed by atoms with Crippen LogP contribution in [0.15, 0.2) is 48.5 Å². The third-order valence-corrected chi connectivity index (χ3v) is 5.43. The predicted octanol–water partition coefficient (Wildman–Crippen LogP) is 3.34. The van der Waals surface area contributed by atoms with Crippen LogP contribution in [0.2, 0.25) is 0 Å². The molecule has 1 unspecified atom stereocenters. The number of amides is 1. The van der Waals surface area contributed by atoms with E-state index in [4.69, 9.17) is 0 Å². The van der Waals surface area contributed by atoms with Crippen LogP contribution in [-0.2, 0) is 11.2 Å². The van der Waals surface area contributed by atoms with Crippen LogP contribution >= 0.6 is 0 Å². The van der Waals surface area contributed by atoms with Gasteiger partial charge in [-0.05, 0) is 37.1 Å². The molecule has 2 aromatic rings. The minimum absolute atomic E-state index is 0.0153. The molecule has 0 radical (unpaired) electrons. The normalized spacial score (nSPS) is 15.0. The molecule has 0 spiro atoms. The highest BCUT2D eigenvalue weighted by atomic mass is 16.6. The Labute approximate surface area is 174 Å². The molecule has 1 saturated heterocycles. The van der Waals surface area contributed by atoms with Crippen LogP contribution in [0.5, 0.6) is 0 Å². The minimum Gasteiger partial charge on any atom is -0.337 e. The van der Waals surface area contributed by atoms with Gasteiger partial charge in [0.2, 0.25) is 5.91 Å². The van der Waals surface area contributed by atoms with Crippen LogP contribution in [0, 0.1) is 20.2 Å². The molecule has 1 aliphatic heterocycles. The molecule has 0 saturated carbocycles. The van der Waals surface area contributed by atoms with Crippen molar-refractivity contribution < 1.29 is 14.6 Å². The summed E-state index contributed by atoms with van der Waals surface area (Å²) in [5, 5.41) is 22.2. The number of nitro groups is 2. The van der Waals surface area contributed by atoms with Gasteiger partial charge in [0.05, 0.1) is 22.3 Å². The van der Waals surface area contributed by atoms with Crippen LogP contribution in [0.3, 0.4) is 0 Å². The van der Waals surface area contributed by atoms with Crippen molar-refractivity contribution in [3.63, 3.8) is 0 Å². The molecule has 9 nitrogen and oxygen atoms in total. The maximum atomic E-state index is 13.0. The molecule has 1 amide bonds. The average molecular weight is 412 g/mol. The number of hydrogen-bond donors (Lipinski definition) is 0. The van der Waals surface area contributed by atoms with E-state index in [1.165, 1.54) is 24.3 Å². The first kappa shape index (κ1) is 21.4. The highest BCUT2D eigenvalue weighted by Crippen LogP contribution is 2.27. The molecule has 1 fully saturated rings. The third kappa shape index (κ3) is 5.18. The number of carbonyl (C=O) groups is 1. The van der Waals surface area contributed by atoms with Crippen LogP contribution in [-0.4, -0.2) is 52.2 Å². The lowest BCUT2D eigenvalue weighted by molar-refractivity contribution is -0.385. The summed E-state index contributed by atoms with van der Waals surface area (Å²) in [4.78, 5) is 38.1. The zero-order chi connectivity index (χ0) is 21.7. The molecule has 30 heavy (non-hydrogen) atoms. The van der Waals surface area contributed by atoms with E-state index in [9.17, 15) is 25.0 Å². The Hall–Kier alpha value is -3.33. The molecular formula is C21H24N4O5. The van der Waals surface area contributed by atoms with Crippen molar-refractivity contribution in [1.82, 2.24) is 9.80 Å². The molecule has 1 heterocycles. The summed E-state index contributed by atoms with van der Waals surface area (Å²) in [5.41, 5.74) is 1.18.